The Hall–Kier alpha value is -0.900. The smallest absolute Gasteiger partial charge is 0.0898 e. The standard InChI is InChI=1S/C17H29NO2/c1-12(2)17(16-9-7-6-8-14(16)5)18-10-15(19)11-20-13(3)4/h6-9,12-13,15,17-19H,10-11H2,1-5H3. The molecule has 0 bridgehead atoms. The third-order valence-corrected chi connectivity index (χ3v) is 3.39. The summed E-state index contributed by atoms with van der Waals surface area (Å²) in [7, 11) is 0. The molecule has 20 heavy (non-hydrogen) atoms. The van der Waals surface area contributed by atoms with Crippen molar-refractivity contribution in [1.82, 2.24) is 5.32 Å². The topological polar surface area (TPSA) is 41.5 Å². The van der Waals surface area contributed by atoms with Crippen LogP contribution in [0.4, 0.5) is 0 Å². The second kappa shape index (κ2) is 8.40. The van der Waals surface area contributed by atoms with Crippen LogP contribution in [-0.2, 0) is 4.74 Å². The van der Waals surface area contributed by atoms with E-state index in [1.807, 2.05) is 13.8 Å². The van der Waals surface area contributed by atoms with E-state index in [1.54, 1.807) is 0 Å². The molecule has 0 radical (unpaired) electrons. The van der Waals surface area contributed by atoms with E-state index in [2.05, 4.69) is 50.4 Å². The highest BCUT2D eigenvalue weighted by Crippen LogP contribution is 2.24. The van der Waals surface area contributed by atoms with E-state index >= 15 is 0 Å². The van der Waals surface area contributed by atoms with Gasteiger partial charge in [0.15, 0.2) is 0 Å². The maximum absolute atomic E-state index is 9.96. The number of rotatable bonds is 8. The zero-order valence-electron chi connectivity index (χ0n) is 13.4. The second-order valence-electron chi connectivity index (χ2n) is 6.02. The van der Waals surface area contributed by atoms with Crippen molar-refractivity contribution in [3.05, 3.63) is 35.4 Å². The predicted molar refractivity (Wildman–Crippen MR) is 83.9 cm³/mol. The van der Waals surface area contributed by atoms with Gasteiger partial charge in [-0.15, -0.1) is 0 Å². The van der Waals surface area contributed by atoms with E-state index in [0.29, 0.717) is 19.1 Å². The third-order valence-electron chi connectivity index (χ3n) is 3.39. The van der Waals surface area contributed by atoms with Gasteiger partial charge >= 0.3 is 0 Å². The van der Waals surface area contributed by atoms with Crippen molar-refractivity contribution < 1.29 is 9.84 Å². The van der Waals surface area contributed by atoms with Crippen molar-refractivity contribution in [3.8, 4) is 0 Å². The number of nitrogens with one attached hydrogen (secondary N) is 1. The van der Waals surface area contributed by atoms with Gasteiger partial charge in [-0.3, -0.25) is 0 Å². The Labute approximate surface area is 123 Å². The lowest BCUT2D eigenvalue weighted by atomic mass is 9.92. The Morgan fingerprint density at radius 1 is 1.15 bits per heavy atom. The van der Waals surface area contributed by atoms with E-state index in [4.69, 9.17) is 4.74 Å². The van der Waals surface area contributed by atoms with Gasteiger partial charge in [-0.2, -0.15) is 0 Å². The van der Waals surface area contributed by atoms with Crippen LogP contribution in [0.5, 0.6) is 0 Å². The number of hydrogen-bond donors (Lipinski definition) is 2. The van der Waals surface area contributed by atoms with Crippen molar-refractivity contribution in [2.75, 3.05) is 13.2 Å². The molecule has 1 rings (SSSR count). The largest absolute Gasteiger partial charge is 0.389 e. The van der Waals surface area contributed by atoms with Crippen LogP contribution in [0.1, 0.15) is 44.9 Å². The molecular formula is C17H29NO2. The molecule has 2 unspecified atom stereocenters. The second-order valence-corrected chi connectivity index (χ2v) is 6.02. The predicted octanol–water partition coefficient (Wildman–Crippen LogP) is 3.07. The van der Waals surface area contributed by atoms with Crippen molar-refractivity contribution >= 4 is 0 Å². The first-order chi connectivity index (χ1) is 9.41. The zero-order valence-corrected chi connectivity index (χ0v) is 13.4. The molecule has 0 spiro atoms. The van der Waals surface area contributed by atoms with Crippen molar-refractivity contribution in [1.29, 1.82) is 0 Å². The Balaban J connectivity index is 2.59. The number of ether oxygens (including phenoxy) is 1. The minimum Gasteiger partial charge on any atom is -0.389 e. The molecule has 1 aromatic rings. The van der Waals surface area contributed by atoms with E-state index in [1.165, 1.54) is 11.1 Å². The fourth-order valence-corrected chi connectivity index (χ4v) is 2.27. The molecule has 2 N–H and O–H groups in total. The molecule has 0 amide bonds. The summed E-state index contributed by atoms with van der Waals surface area (Å²) in [4.78, 5) is 0. The molecule has 0 fully saturated rings. The van der Waals surface area contributed by atoms with Crippen LogP contribution in [0.2, 0.25) is 0 Å². The Morgan fingerprint density at radius 3 is 2.35 bits per heavy atom. The van der Waals surface area contributed by atoms with E-state index in [0.717, 1.165) is 0 Å². The first-order valence-corrected chi connectivity index (χ1v) is 7.50. The number of aliphatic hydroxyl groups is 1. The molecule has 0 saturated carbocycles. The highest BCUT2D eigenvalue weighted by atomic mass is 16.5. The summed E-state index contributed by atoms with van der Waals surface area (Å²) >= 11 is 0. The molecule has 0 heterocycles. The molecule has 2 atom stereocenters. The van der Waals surface area contributed by atoms with Gasteiger partial charge in [-0.05, 0) is 37.8 Å². The first-order valence-electron chi connectivity index (χ1n) is 7.50. The van der Waals surface area contributed by atoms with E-state index in [9.17, 15) is 5.11 Å². The Kier molecular flexibility index (Phi) is 7.20. The fourth-order valence-electron chi connectivity index (χ4n) is 2.27. The minimum absolute atomic E-state index is 0.155. The Bertz CT molecular complexity index is 390. The summed E-state index contributed by atoms with van der Waals surface area (Å²) in [6.45, 7) is 11.4. The van der Waals surface area contributed by atoms with Crippen LogP contribution in [-0.4, -0.2) is 30.5 Å². The molecule has 114 valence electrons. The van der Waals surface area contributed by atoms with Crippen molar-refractivity contribution in [2.24, 2.45) is 5.92 Å². The normalized spacial score (nSPS) is 14.8. The van der Waals surface area contributed by atoms with Gasteiger partial charge in [-0.25, -0.2) is 0 Å². The Morgan fingerprint density at radius 2 is 1.80 bits per heavy atom. The van der Waals surface area contributed by atoms with Gasteiger partial charge < -0.3 is 15.2 Å². The maximum atomic E-state index is 9.96. The molecule has 0 aliphatic heterocycles. The number of aryl methyl sites for hydroxylation is 1. The SMILES string of the molecule is Cc1ccccc1C(NCC(O)COC(C)C)C(C)C. The summed E-state index contributed by atoms with van der Waals surface area (Å²) in [6.07, 6.45) is -0.315. The van der Waals surface area contributed by atoms with Gasteiger partial charge in [0.2, 0.25) is 0 Å². The summed E-state index contributed by atoms with van der Waals surface area (Å²) in [6, 6.07) is 8.67. The highest BCUT2D eigenvalue weighted by molar-refractivity contribution is 5.29. The molecular weight excluding hydrogens is 250 g/mol. The van der Waals surface area contributed by atoms with Gasteiger partial charge in [0.05, 0.1) is 18.8 Å². The molecule has 1 aromatic carbocycles. The summed E-state index contributed by atoms with van der Waals surface area (Å²) in [5, 5.41) is 13.4. The van der Waals surface area contributed by atoms with Gasteiger partial charge in [-0.1, -0.05) is 38.1 Å². The number of benzene rings is 1. The van der Waals surface area contributed by atoms with Crippen LogP contribution in [0.15, 0.2) is 24.3 Å². The van der Waals surface area contributed by atoms with E-state index < -0.39 is 6.10 Å². The van der Waals surface area contributed by atoms with Crippen LogP contribution in [0.25, 0.3) is 0 Å². The maximum Gasteiger partial charge on any atom is 0.0898 e. The van der Waals surface area contributed by atoms with Gasteiger partial charge in [0.1, 0.15) is 0 Å². The lowest BCUT2D eigenvalue weighted by Crippen LogP contribution is -2.36. The number of hydrogen-bond acceptors (Lipinski definition) is 3. The fraction of sp³-hybridized carbons (Fsp3) is 0.647. The molecule has 0 saturated heterocycles. The van der Waals surface area contributed by atoms with Gasteiger partial charge in [0, 0.05) is 12.6 Å². The van der Waals surface area contributed by atoms with Crippen LogP contribution in [0.3, 0.4) is 0 Å². The quantitative estimate of drug-likeness (QED) is 0.768. The van der Waals surface area contributed by atoms with Crippen LogP contribution < -0.4 is 5.32 Å². The van der Waals surface area contributed by atoms with Crippen molar-refractivity contribution in [3.63, 3.8) is 0 Å². The molecule has 3 heteroatoms. The number of aliphatic hydroxyl groups excluding tert-OH is 1. The lowest BCUT2D eigenvalue weighted by Gasteiger charge is -2.26. The third kappa shape index (κ3) is 5.61. The monoisotopic (exact) mass is 279 g/mol. The average Bonchev–Trinajstić information content (AvgIpc) is 2.38. The van der Waals surface area contributed by atoms with Crippen LogP contribution >= 0.6 is 0 Å². The lowest BCUT2D eigenvalue weighted by molar-refractivity contribution is 0.00487. The minimum atomic E-state index is -0.470. The van der Waals surface area contributed by atoms with Crippen molar-refractivity contribution in [2.45, 2.75) is 52.9 Å². The van der Waals surface area contributed by atoms with Gasteiger partial charge in [0.25, 0.3) is 0 Å². The highest BCUT2D eigenvalue weighted by Gasteiger charge is 2.18. The first kappa shape index (κ1) is 17.2. The zero-order chi connectivity index (χ0) is 15.1. The summed E-state index contributed by atoms with van der Waals surface area (Å²) < 4.78 is 5.44. The summed E-state index contributed by atoms with van der Waals surface area (Å²) in [5.74, 6) is 0.467. The van der Waals surface area contributed by atoms with Crippen LogP contribution in [0, 0.1) is 12.8 Å². The molecule has 0 aliphatic carbocycles. The molecule has 0 aromatic heterocycles. The van der Waals surface area contributed by atoms with E-state index in [-0.39, 0.29) is 12.1 Å². The molecule has 3 nitrogen and oxygen atoms in total. The molecule has 0 aliphatic rings. The average molecular weight is 279 g/mol. The summed E-state index contributed by atoms with van der Waals surface area (Å²) in [5.41, 5.74) is 2.59.